The first kappa shape index (κ1) is 16.5. The number of hydrogen-bond acceptors (Lipinski definition) is 5. The number of rotatable bonds is 5. The molecule has 0 unspecified atom stereocenters. The molecule has 5 nitrogen and oxygen atoms in total. The van der Waals surface area contributed by atoms with E-state index in [1.54, 1.807) is 13.0 Å². The van der Waals surface area contributed by atoms with E-state index >= 15 is 0 Å². The Hall–Kier alpha value is -2.89. The van der Waals surface area contributed by atoms with E-state index in [0.29, 0.717) is 0 Å². The molecule has 0 atom stereocenters. The number of esters is 1. The molecule has 0 aliphatic carbocycles. The van der Waals surface area contributed by atoms with Gasteiger partial charge in [-0.15, -0.1) is 0 Å². The summed E-state index contributed by atoms with van der Waals surface area (Å²) in [6.07, 6.45) is 0. The molecule has 2 aromatic rings. The summed E-state index contributed by atoms with van der Waals surface area (Å²) in [4.78, 5) is 24.0. The van der Waals surface area contributed by atoms with Crippen LogP contribution < -0.4 is 4.74 Å². The second-order valence-corrected chi connectivity index (χ2v) is 4.86. The summed E-state index contributed by atoms with van der Waals surface area (Å²) >= 11 is 0. The predicted molar refractivity (Wildman–Crippen MR) is 80.4 cm³/mol. The number of ketones is 1. The van der Waals surface area contributed by atoms with Gasteiger partial charge in [0.05, 0.1) is 12.7 Å². The summed E-state index contributed by atoms with van der Waals surface area (Å²) in [7, 11) is 1.35. The molecule has 23 heavy (non-hydrogen) atoms. The number of carbonyl (C=O) groups is 2. The third-order valence-corrected chi connectivity index (χ3v) is 3.17. The zero-order valence-corrected chi connectivity index (χ0v) is 12.6. The number of ether oxygens (including phenoxy) is 2. The number of hydrogen-bond donors (Lipinski definition) is 1. The molecule has 0 saturated carbocycles. The minimum Gasteiger partial charge on any atom is -0.507 e. The van der Waals surface area contributed by atoms with E-state index in [1.807, 2.05) is 0 Å². The first-order valence-corrected chi connectivity index (χ1v) is 6.76. The highest BCUT2D eigenvalue weighted by atomic mass is 19.1. The number of phenolic OH excluding ortho intramolecular Hbond substituents is 1. The first-order valence-electron chi connectivity index (χ1n) is 6.76. The zero-order chi connectivity index (χ0) is 17.0. The van der Waals surface area contributed by atoms with Gasteiger partial charge in [0.2, 0.25) is 5.78 Å². The van der Waals surface area contributed by atoms with Crippen molar-refractivity contribution < 1.29 is 28.6 Å². The van der Waals surface area contributed by atoms with E-state index < -0.39 is 24.2 Å². The fraction of sp³-hybridized carbons (Fsp3) is 0.176. The SMILES string of the molecule is COc1ccc(F)cc1C(=O)COC(=O)c1ccc(C)cc1O. The van der Waals surface area contributed by atoms with Crippen LogP contribution in [0.2, 0.25) is 0 Å². The number of aromatic hydroxyl groups is 1. The molecule has 0 aliphatic heterocycles. The number of carbonyl (C=O) groups excluding carboxylic acids is 2. The fourth-order valence-corrected chi connectivity index (χ4v) is 2.00. The highest BCUT2D eigenvalue weighted by Crippen LogP contribution is 2.21. The molecule has 0 fully saturated rings. The Morgan fingerprint density at radius 2 is 1.87 bits per heavy atom. The molecule has 120 valence electrons. The molecule has 0 aliphatic rings. The van der Waals surface area contributed by atoms with E-state index in [4.69, 9.17) is 9.47 Å². The van der Waals surface area contributed by atoms with Crippen LogP contribution in [0.3, 0.4) is 0 Å². The van der Waals surface area contributed by atoms with Crippen molar-refractivity contribution in [1.82, 2.24) is 0 Å². The van der Waals surface area contributed by atoms with Crippen LogP contribution in [-0.2, 0) is 4.74 Å². The lowest BCUT2D eigenvalue weighted by Crippen LogP contribution is -2.15. The first-order chi connectivity index (χ1) is 10.9. The molecule has 0 heterocycles. The van der Waals surface area contributed by atoms with Crippen LogP contribution in [0.15, 0.2) is 36.4 Å². The van der Waals surface area contributed by atoms with Crippen molar-refractivity contribution in [3.63, 3.8) is 0 Å². The Balaban J connectivity index is 2.10. The maximum absolute atomic E-state index is 13.2. The van der Waals surface area contributed by atoms with Crippen molar-refractivity contribution in [3.8, 4) is 11.5 Å². The van der Waals surface area contributed by atoms with Crippen LogP contribution in [0, 0.1) is 12.7 Å². The molecule has 2 aromatic carbocycles. The summed E-state index contributed by atoms with van der Waals surface area (Å²) in [6, 6.07) is 7.93. The quantitative estimate of drug-likeness (QED) is 0.678. The third-order valence-electron chi connectivity index (χ3n) is 3.17. The molecule has 2 rings (SSSR count). The smallest absolute Gasteiger partial charge is 0.342 e. The van der Waals surface area contributed by atoms with Gasteiger partial charge < -0.3 is 14.6 Å². The molecule has 0 bridgehead atoms. The fourth-order valence-electron chi connectivity index (χ4n) is 2.00. The lowest BCUT2D eigenvalue weighted by Gasteiger charge is -2.09. The standard InChI is InChI=1S/C17H15FO5/c1-10-3-5-12(14(19)7-10)17(21)23-9-15(20)13-8-11(18)4-6-16(13)22-2/h3-8,19H,9H2,1-2H3. The molecule has 6 heteroatoms. The van der Waals surface area contributed by atoms with Gasteiger partial charge in [-0.1, -0.05) is 6.07 Å². The van der Waals surface area contributed by atoms with Gasteiger partial charge in [0.1, 0.15) is 22.9 Å². The second kappa shape index (κ2) is 6.91. The Morgan fingerprint density at radius 1 is 1.13 bits per heavy atom. The second-order valence-electron chi connectivity index (χ2n) is 4.86. The van der Waals surface area contributed by atoms with Crippen LogP contribution in [0.5, 0.6) is 11.5 Å². The molecule has 0 spiro atoms. The minimum absolute atomic E-state index is 0.0200. The van der Waals surface area contributed by atoms with E-state index in [1.165, 1.54) is 25.3 Å². The van der Waals surface area contributed by atoms with Gasteiger partial charge in [-0.25, -0.2) is 9.18 Å². The van der Waals surface area contributed by atoms with Crippen molar-refractivity contribution in [2.45, 2.75) is 6.92 Å². The van der Waals surface area contributed by atoms with E-state index in [2.05, 4.69) is 0 Å². The zero-order valence-electron chi connectivity index (χ0n) is 12.6. The van der Waals surface area contributed by atoms with Gasteiger partial charge in [0, 0.05) is 0 Å². The lowest BCUT2D eigenvalue weighted by atomic mass is 10.1. The molecule has 1 N–H and O–H groups in total. The third kappa shape index (κ3) is 3.85. The Kier molecular flexibility index (Phi) is 4.95. The van der Waals surface area contributed by atoms with Crippen molar-refractivity contribution in [2.75, 3.05) is 13.7 Å². The van der Waals surface area contributed by atoms with E-state index in [9.17, 15) is 19.1 Å². The highest BCUT2D eigenvalue weighted by Gasteiger charge is 2.18. The van der Waals surface area contributed by atoms with Crippen LogP contribution in [0.1, 0.15) is 26.3 Å². The van der Waals surface area contributed by atoms with Gasteiger partial charge in [-0.05, 0) is 42.8 Å². The number of Topliss-reactive ketones (excluding diaryl/α,β-unsaturated/α-hetero) is 1. The Bertz CT molecular complexity index is 755. The van der Waals surface area contributed by atoms with E-state index in [0.717, 1.165) is 17.7 Å². The summed E-state index contributed by atoms with van der Waals surface area (Å²) < 4.78 is 23.1. The van der Waals surface area contributed by atoms with Gasteiger partial charge >= 0.3 is 5.97 Å². The number of halogens is 1. The summed E-state index contributed by atoms with van der Waals surface area (Å²) in [5.41, 5.74) is 0.711. The van der Waals surface area contributed by atoms with Crippen molar-refractivity contribution in [2.24, 2.45) is 0 Å². The highest BCUT2D eigenvalue weighted by molar-refractivity contribution is 6.01. The lowest BCUT2D eigenvalue weighted by molar-refractivity contribution is 0.0471. The summed E-state index contributed by atoms with van der Waals surface area (Å²) in [5.74, 6) is -2.10. The molecular formula is C17H15FO5. The minimum atomic E-state index is -0.841. The summed E-state index contributed by atoms with van der Waals surface area (Å²) in [5, 5.41) is 9.71. The van der Waals surface area contributed by atoms with Crippen LogP contribution >= 0.6 is 0 Å². The van der Waals surface area contributed by atoms with Gasteiger partial charge in [-0.3, -0.25) is 4.79 Å². The average Bonchev–Trinajstić information content (AvgIpc) is 2.52. The van der Waals surface area contributed by atoms with Crippen molar-refractivity contribution >= 4 is 11.8 Å². The molecule has 0 amide bonds. The van der Waals surface area contributed by atoms with Crippen molar-refractivity contribution in [1.29, 1.82) is 0 Å². The number of phenols is 1. The van der Waals surface area contributed by atoms with E-state index in [-0.39, 0.29) is 22.6 Å². The monoisotopic (exact) mass is 318 g/mol. The van der Waals surface area contributed by atoms with Crippen LogP contribution in [-0.4, -0.2) is 30.6 Å². The summed E-state index contributed by atoms with van der Waals surface area (Å²) in [6.45, 7) is 1.17. The average molecular weight is 318 g/mol. The number of benzene rings is 2. The number of aryl methyl sites for hydroxylation is 1. The normalized spacial score (nSPS) is 10.2. The Morgan fingerprint density at radius 3 is 2.52 bits per heavy atom. The number of methoxy groups -OCH3 is 1. The van der Waals surface area contributed by atoms with Gasteiger partial charge in [0.25, 0.3) is 0 Å². The topological polar surface area (TPSA) is 72.8 Å². The van der Waals surface area contributed by atoms with Crippen LogP contribution in [0.25, 0.3) is 0 Å². The molecular weight excluding hydrogens is 303 g/mol. The van der Waals surface area contributed by atoms with Crippen molar-refractivity contribution in [3.05, 3.63) is 58.9 Å². The molecule has 0 radical (unpaired) electrons. The van der Waals surface area contributed by atoms with Gasteiger partial charge in [-0.2, -0.15) is 0 Å². The maximum Gasteiger partial charge on any atom is 0.342 e. The molecule has 0 saturated heterocycles. The predicted octanol–water partition coefficient (Wildman–Crippen LogP) is 2.89. The van der Waals surface area contributed by atoms with Gasteiger partial charge in [0.15, 0.2) is 6.61 Å². The largest absolute Gasteiger partial charge is 0.507 e. The molecule has 0 aromatic heterocycles. The Labute approximate surface area is 132 Å². The van der Waals surface area contributed by atoms with Crippen LogP contribution in [0.4, 0.5) is 4.39 Å². The maximum atomic E-state index is 13.2.